The van der Waals surface area contributed by atoms with Gasteiger partial charge in [-0.15, -0.1) is 11.3 Å². The fraction of sp³-hybridized carbons (Fsp3) is 0.692. The number of thiazole rings is 1. The lowest BCUT2D eigenvalue weighted by Gasteiger charge is -2.31. The summed E-state index contributed by atoms with van der Waals surface area (Å²) in [6.07, 6.45) is 5.18. The average molecular weight is 299 g/mol. The molecule has 0 bridgehead atoms. The Kier molecular flexibility index (Phi) is 6.13. The quantitative estimate of drug-likeness (QED) is 0.646. The van der Waals surface area contributed by atoms with E-state index in [0.29, 0.717) is 6.04 Å². The number of hydrogen-bond donors (Lipinski definition) is 1. The van der Waals surface area contributed by atoms with Crippen molar-refractivity contribution < 1.29 is 4.79 Å². The molecule has 19 heavy (non-hydrogen) atoms. The van der Waals surface area contributed by atoms with Crippen molar-refractivity contribution in [2.45, 2.75) is 36.6 Å². The number of aromatic nitrogens is 1. The molecule has 2 heterocycles. The van der Waals surface area contributed by atoms with E-state index in [0.717, 1.165) is 49.0 Å². The third-order valence-corrected chi connectivity index (χ3v) is 5.38. The van der Waals surface area contributed by atoms with Crippen molar-refractivity contribution in [2.24, 2.45) is 0 Å². The molecule has 2 rings (SSSR count). The van der Waals surface area contributed by atoms with Crippen LogP contribution in [-0.2, 0) is 4.79 Å². The molecule has 1 amide bonds. The van der Waals surface area contributed by atoms with Gasteiger partial charge in [-0.1, -0.05) is 11.8 Å². The summed E-state index contributed by atoms with van der Waals surface area (Å²) in [5, 5.41) is 5.61. The smallest absolute Gasteiger partial charge is 0.219 e. The number of nitrogens with zero attached hydrogens (tertiary/aromatic N) is 2. The molecule has 106 valence electrons. The molecule has 1 aliphatic heterocycles. The Bertz CT molecular complexity index is 375. The van der Waals surface area contributed by atoms with Crippen molar-refractivity contribution in [1.29, 1.82) is 0 Å². The first kappa shape index (κ1) is 14.8. The average Bonchev–Trinajstić information content (AvgIpc) is 2.92. The minimum atomic E-state index is 0.207. The summed E-state index contributed by atoms with van der Waals surface area (Å²) >= 11 is 3.54. The maximum atomic E-state index is 11.2. The second-order valence-corrected chi connectivity index (χ2v) is 6.97. The zero-order chi connectivity index (χ0) is 13.5. The Balaban J connectivity index is 1.51. The molecular formula is C13H21N3OS2. The predicted octanol–water partition coefficient (Wildman–Crippen LogP) is 2.23. The molecule has 1 aromatic rings. The van der Waals surface area contributed by atoms with E-state index >= 15 is 0 Å². The minimum Gasteiger partial charge on any atom is -0.343 e. The van der Waals surface area contributed by atoms with Crippen molar-refractivity contribution in [3.05, 3.63) is 11.6 Å². The van der Waals surface area contributed by atoms with Gasteiger partial charge in [-0.05, 0) is 25.8 Å². The lowest BCUT2D eigenvalue weighted by atomic mass is 10.1. The molecule has 1 saturated heterocycles. The molecule has 1 N–H and O–H groups in total. The Morgan fingerprint density at radius 2 is 2.37 bits per heavy atom. The Labute approximate surface area is 123 Å². The van der Waals surface area contributed by atoms with Crippen LogP contribution in [0.25, 0.3) is 0 Å². The van der Waals surface area contributed by atoms with Crippen molar-refractivity contribution in [3.63, 3.8) is 0 Å². The van der Waals surface area contributed by atoms with Crippen LogP contribution in [0.5, 0.6) is 0 Å². The minimum absolute atomic E-state index is 0.207. The van der Waals surface area contributed by atoms with E-state index in [1.807, 2.05) is 28.2 Å². The Hall–Kier alpha value is -0.590. The van der Waals surface area contributed by atoms with Gasteiger partial charge in [-0.25, -0.2) is 4.98 Å². The van der Waals surface area contributed by atoms with E-state index in [4.69, 9.17) is 0 Å². The maximum absolute atomic E-state index is 11.2. The summed E-state index contributed by atoms with van der Waals surface area (Å²) in [6.45, 7) is 4.52. The fourth-order valence-electron chi connectivity index (χ4n) is 2.22. The number of nitrogens with one attached hydrogen (secondary N) is 1. The van der Waals surface area contributed by atoms with Crippen molar-refractivity contribution in [2.75, 3.05) is 25.4 Å². The summed E-state index contributed by atoms with van der Waals surface area (Å²) in [5.74, 6) is 1.32. The van der Waals surface area contributed by atoms with E-state index in [-0.39, 0.29) is 5.91 Å². The van der Waals surface area contributed by atoms with E-state index in [1.165, 1.54) is 0 Å². The van der Waals surface area contributed by atoms with Gasteiger partial charge in [-0.2, -0.15) is 0 Å². The summed E-state index contributed by atoms with van der Waals surface area (Å²) in [6, 6.07) is 0.584. The summed E-state index contributed by atoms with van der Waals surface area (Å²) in [7, 11) is 0. The van der Waals surface area contributed by atoms with Gasteiger partial charge in [0, 0.05) is 43.4 Å². The van der Waals surface area contributed by atoms with Gasteiger partial charge in [0.25, 0.3) is 0 Å². The van der Waals surface area contributed by atoms with E-state index in [9.17, 15) is 4.79 Å². The van der Waals surface area contributed by atoms with Crippen molar-refractivity contribution in [3.8, 4) is 0 Å². The van der Waals surface area contributed by atoms with Crippen LogP contribution in [0.2, 0.25) is 0 Å². The molecule has 1 aliphatic rings. The number of rotatable bonds is 6. The van der Waals surface area contributed by atoms with Gasteiger partial charge < -0.3 is 10.2 Å². The zero-order valence-electron chi connectivity index (χ0n) is 11.3. The number of hydrogen-bond acceptors (Lipinski definition) is 5. The molecule has 4 nitrogen and oxygen atoms in total. The highest BCUT2D eigenvalue weighted by Crippen LogP contribution is 2.20. The molecular weight excluding hydrogens is 278 g/mol. The zero-order valence-corrected chi connectivity index (χ0v) is 12.9. The standard InChI is InChI=1S/C13H21N3OS2/c1-11(17)16-7-3-12(4-8-16)14-5-2-9-18-13-15-6-10-19-13/h6,10,12,14H,2-5,7-9H2,1H3. The highest BCUT2D eigenvalue weighted by Gasteiger charge is 2.19. The second-order valence-electron chi connectivity index (χ2n) is 4.73. The third-order valence-electron chi connectivity index (χ3n) is 3.33. The van der Waals surface area contributed by atoms with Gasteiger partial charge in [0.15, 0.2) is 0 Å². The van der Waals surface area contributed by atoms with Gasteiger partial charge in [-0.3, -0.25) is 4.79 Å². The SMILES string of the molecule is CC(=O)N1CCC(NCCCSc2nccs2)CC1. The fourth-order valence-corrected chi connectivity index (χ4v) is 3.87. The molecule has 0 atom stereocenters. The van der Waals surface area contributed by atoms with Crippen LogP contribution in [0.3, 0.4) is 0 Å². The second kappa shape index (κ2) is 7.87. The monoisotopic (exact) mass is 299 g/mol. The number of amides is 1. The lowest BCUT2D eigenvalue weighted by molar-refractivity contribution is -0.129. The van der Waals surface area contributed by atoms with Crippen LogP contribution in [0, 0.1) is 0 Å². The van der Waals surface area contributed by atoms with Crippen LogP contribution in [0.4, 0.5) is 0 Å². The number of thioether (sulfide) groups is 1. The van der Waals surface area contributed by atoms with E-state index in [1.54, 1.807) is 18.3 Å². The number of piperidine rings is 1. The first-order valence-electron chi connectivity index (χ1n) is 6.77. The molecule has 1 fully saturated rings. The van der Waals surface area contributed by atoms with Gasteiger partial charge in [0.1, 0.15) is 4.34 Å². The molecule has 0 aromatic carbocycles. The molecule has 0 radical (unpaired) electrons. The van der Waals surface area contributed by atoms with Crippen LogP contribution < -0.4 is 5.32 Å². The molecule has 0 aliphatic carbocycles. The van der Waals surface area contributed by atoms with E-state index < -0.39 is 0 Å². The number of carbonyl (C=O) groups excluding carboxylic acids is 1. The van der Waals surface area contributed by atoms with Crippen LogP contribution in [-0.4, -0.2) is 47.2 Å². The molecule has 0 unspecified atom stereocenters. The van der Waals surface area contributed by atoms with Crippen LogP contribution in [0.15, 0.2) is 15.9 Å². The van der Waals surface area contributed by atoms with E-state index in [2.05, 4.69) is 10.3 Å². The van der Waals surface area contributed by atoms with Crippen molar-refractivity contribution in [1.82, 2.24) is 15.2 Å². The Morgan fingerprint density at radius 3 is 3.00 bits per heavy atom. The van der Waals surface area contributed by atoms with Crippen molar-refractivity contribution >= 4 is 29.0 Å². The van der Waals surface area contributed by atoms with Gasteiger partial charge in [0.05, 0.1) is 0 Å². The maximum Gasteiger partial charge on any atom is 0.219 e. The topological polar surface area (TPSA) is 45.2 Å². The first-order chi connectivity index (χ1) is 9.25. The summed E-state index contributed by atoms with van der Waals surface area (Å²) in [4.78, 5) is 17.4. The molecule has 0 spiro atoms. The van der Waals surface area contributed by atoms with Gasteiger partial charge >= 0.3 is 0 Å². The first-order valence-corrected chi connectivity index (χ1v) is 8.63. The highest BCUT2D eigenvalue weighted by atomic mass is 32.2. The summed E-state index contributed by atoms with van der Waals surface area (Å²) in [5.41, 5.74) is 0. The van der Waals surface area contributed by atoms with Crippen LogP contribution in [0.1, 0.15) is 26.2 Å². The van der Waals surface area contributed by atoms with Crippen LogP contribution >= 0.6 is 23.1 Å². The Morgan fingerprint density at radius 1 is 1.58 bits per heavy atom. The lowest BCUT2D eigenvalue weighted by Crippen LogP contribution is -2.44. The molecule has 0 saturated carbocycles. The number of carbonyl (C=O) groups is 1. The van der Waals surface area contributed by atoms with Gasteiger partial charge in [0.2, 0.25) is 5.91 Å². The highest BCUT2D eigenvalue weighted by molar-refractivity contribution is 8.00. The molecule has 1 aromatic heterocycles. The summed E-state index contributed by atoms with van der Waals surface area (Å²) < 4.78 is 1.16. The third kappa shape index (κ3) is 5.12. The molecule has 6 heteroatoms. The number of likely N-dealkylation sites (tertiary alicyclic amines) is 1. The predicted molar refractivity (Wildman–Crippen MR) is 80.7 cm³/mol. The normalized spacial score (nSPS) is 16.8. The largest absolute Gasteiger partial charge is 0.343 e.